The van der Waals surface area contributed by atoms with Gasteiger partial charge in [-0.1, -0.05) is 42.5 Å². The van der Waals surface area contributed by atoms with Crippen LogP contribution in [-0.4, -0.2) is 19.3 Å². The van der Waals surface area contributed by atoms with Gasteiger partial charge in [0.1, 0.15) is 0 Å². The average molecular weight is 420 g/mol. The van der Waals surface area contributed by atoms with E-state index < -0.39 is 10.0 Å². The molecule has 0 aliphatic carbocycles. The van der Waals surface area contributed by atoms with Crippen LogP contribution in [0.3, 0.4) is 0 Å². The predicted octanol–water partition coefficient (Wildman–Crippen LogP) is 4.46. The van der Waals surface area contributed by atoms with E-state index in [4.69, 9.17) is 0 Å². The van der Waals surface area contributed by atoms with Gasteiger partial charge in [-0.05, 0) is 48.4 Å². The quantitative estimate of drug-likeness (QED) is 0.431. The van der Waals surface area contributed by atoms with Crippen LogP contribution < -0.4 is 10.0 Å². The summed E-state index contributed by atoms with van der Waals surface area (Å²) in [6, 6.07) is 21.1. The van der Waals surface area contributed by atoms with Crippen molar-refractivity contribution >= 4 is 38.2 Å². The van der Waals surface area contributed by atoms with Crippen LogP contribution in [0.2, 0.25) is 0 Å². The lowest BCUT2D eigenvalue weighted by molar-refractivity contribution is -0.115. The fourth-order valence-electron chi connectivity index (χ4n) is 3.27. The molecule has 152 valence electrons. The number of sulfonamides is 1. The minimum Gasteiger partial charge on any atom is -0.361 e. The van der Waals surface area contributed by atoms with Crippen LogP contribution in [-0.2, 0) is 21.2 Å². The van der Waals surface area contributed by atoms with Gasteiger partial charge in [-0.2, -0.15) is 0 Å². The predicted molar refractivity (Wildman–Crippen MR) is 119 cm³/mol. The summed E-state index contributed by atoms with van der Waals surface area (Å²) in [5.41, 5.74) is 3.58. The van der Waals surface area contributed by atoms with Gasteiger partial charge in [-0.25, -0.2) is 8.42 Å². The highest BCUT2D eigenvalue weighted by Gasteiger charge is 2.16. The first-order valence-electron chi connectivity index (χ1n) is 9.46. The summed E-state index contributed by atoms with van der Waals surface area (Å²) in [5.74, 6) is -0.180. The number of para-hydroxylation sites is 1. The van der Waals surface area contributed by atoms with Crippen molar-refractivity contribution in [2.75, 3.05) is 10.0 Å². The first-order valence-corrected chi connectivity index (χ1v) is 10.9. The number of H-pyrrole nitrogens is 1. The number of aromatic nitrogens is 1. The Kier molecular flexibility index (Phi) is 5.29. The molecule has 1 aromatic heterocycles. The van der Waals surface area contributed by atoms with E-state index in [1.807, 2.05) is 30.5 Å². The molecule has 3 aromatic carbocycles. The van der Waals surface area contributed by atoms with E-state index >= 15 is 0 Å². The molecule has 30 heavy (non-hydrogen) atoms. The van der Waals surface area contributed by atoms with Crippen molar-refractivity contribution in [1.29, 1.82) is 0 Å². The summed E-state index contributed by atoms with van der Waals surface area (Å²) in [7, 11) is -3.71. The molecule has 4 aromatic rings. The van der Waals surface area contributed by atoms with Gasteiger partial charge in [0.25, 0.3) is 10.0 Å². The number of carbonyl (C=O) groups is 1. The van der Waals surface area contributed by atoms with E-state index in [1.165, 1.54) is 12.1 Å². The molecule has 0 saturated heterocycles. The van der Waals surface area contributed by atoms with E-state index in [9.17, 15) is 13.2 Å². The molecule has 0 saturated carbocycles. The van der Waals surface area contributed by atoms with Crippen LogP contribution in [0, 0.1) is 6.92 Å². The summed E-state index contributed by atoms with van der Waals surface area (Å²) in [5, 5.41) is 3.86. The molecule has 6 nitrogen and oxygen atoms in total. The van der Waals surface area contributed by atoms with E-state index in [2.05, 4.69) is 15.0 Å². The van der Waals surface area contributed by atoms with Crippen molar-refractivity contribution in [2.45, 2.75) is 18.2 Å². The molecule has 1 heterocycles. The molecule has 0 radical (unpaired) electrons. The largest absolute Gasteiger partial charge is 0.361 e. The van der Waals surface area contributed by atoms with Gasteiger partial charge in [0.2, 0.25) is 5.91 Å². The molecule has 0 aliphatic heterocycles. The standard InChI is InChI=1S/C23H21N3O3S/c1-16-11-12-18(14-22(16)26-30(28,29)19-7-3-2-4-8-19)25-23(27)13-17-15-24-21-10-6-5-9-20(17)21/h2-12,14-15,24,26H,13H2,1H3,(H,25,27). The van der Waals surface area contributed by atoms with Crippen LogP contribution in [0.25, 0.3) is 10.9 Å². The molecule has 4 rings (SSSR count). The van der Waals surface area contributed by atoms with Crippen LogP contribution in [0.5, 0.6) is 0 Å². The Bertz CT molecular complexity index is 1310. The maximum absolute atomic E-state index is 12.6. The Balaban J connectivity index is 1.51. The van der Waals surface area contributed by atoms with Crippen molar-refractivity contribution in [3.8, 4) is 0 Å². The minimum absolute atomic E-state index is 0.179. The third-order valence-corrected chi connectivity index (χ3v) is 6.23. The Morgan fingerprint density at radius 2 is 1.70 bits per heavy atom. The molecule has 3 N–H and O–H groups in total. The molecule has 7 heteroatoms. The minimum atomic E-state index is -3.71. The lowest BCUT2D eigenvalue weighted by atomic mass is 10.1. The number of benzene rings is 3. The third-order valence-electron chi connectivity index (χ3n) is 4.85. The van der Waals surface area contributed by atoms with Crippen LogP contribution in [0.15, 0.2) is 83.9 Å². The number of anilines is 2. The van der Waals surface area contributed by atoms with Crippen molar-refractivity contribution in [3.63, 3.8) is 0 Å². The monoisotopic (exact) mass is 419 g/mol. The van der Waals surface area contributed by atoms with Gasteiger partial charge in [-0.15, -0.1) is 0 Å². The van der Waals surface area contributed by atoms with Crippen molar-refractivity contribution in [3.05, 3.63) is 90.1 Å². The SMILES string of the molecule is Cc1ccc(NC(=O)Cc2c[nH]c3ccccc23)cc1NS(=O)(=O)c1ccccc1. The zero-order valence-electron chi connectivity index (χ0n) is 16.3. The van der Waals surface area contributed by atoms with E-state index in [0.29, 0.717) is 11.4 Å². The van der Waals surface area contributed by atoms with Gasteiger partial charge in [-0.3, -0.25) is 9.52 Å². The number of fused-ring (bicyclic) bond motifs is 1. The highest BCUT2D eigenvalue weighted by Crippen LogP contribution is 2.24. The lowest BCUT2D eigenvalue weighted by Gasteiger charge is -2.13. The number of amides is 1. The third kappa shape index (κ3) is 4.21. The number of aryl methyl sites for hydroxylation is 1. The number of aromatic amines is 1. The summed E-state index contributed by atoms with van der Waals surface area (Å²) in [4.78, 5) is 15.9. The van der Waals surface area contributed by atoms with Crippen LogP contribution in [0.1, 0.15) is 11.1 Å². The highest BCUT2D eigenvalue weighted by atomic mass is 32.2. The Morgan fingerprint density at radius 3 is 2.50 bits per heavy atom. The smallest absolute Gasteiger partial charge is 0.261 e. The molecule has 1 amide bonds. The van der Waals surface area contributed by atoms with Gasteiger partial charge in [0, 0.05) is 22.8 Å². The molecule has 0 unspecified atom stereocenters. The van der Waals surface area contributed by atoms with Gasteiger partial charge < -0.3 is 10.3 Å². The van der Waals surface area contributed by atoms with Crippen molar-refractivity contribution in [2.24, 2.45) is 0 Å². The number of hydrogen-bond donors (Lipinski definition) is 3. The molecular formula is C23H21N3O3S. The first-order chi connectivity index (χ1) is 14.4. The Hall–Kier alpha value is -3.58. The normalized spacial score (nSPS) is 11.4. The molecule has 0 fully saturated rings. The van der Waals surface area contributed by atoms with Crippen molar-refractivity contribution in [1.82, 2.24) is 4.98 Å². The molecule has 0 atom stereocenters. The second-order valence-corrected chi connectivity index (χ2v) is 8.72. The average Bonchev–Trinajstić information content (AvgIpc) is 3.14. The summed E-state index contributed by atoms with van der Waals surface area (Å²) in [6.07, 6.45) is 2.04. The zero-order valence-corrected chi connectivity index (χ0v) is 17.2. The number of rotatable bonds is 6. The lowest BCUT2D eigenvalue weighted by Crippen LogP contribution is -2.16. The maximum Gasteiger partial charge on any atom is 0.261 e. The summed E-state index contributed by atoms with van der Waals surface area (Å²) in [6.45, 7) is 1.81. The molecule has 0 bridgehead atoms. The molecule has 0 spiro atoms. The number of carbonyl (C=O) groups excluding carboxylic acids is 1. The van der Waals surface area contributed by atoms with Crippen LogP contribution in [0.4, 0.5) is 11.4 Å². The van der Waals surface area contributed by atoms with Crippen LogP contribution >= 0.6 is 0 Å². The fraction of sp³-hybridized carbons (Fsp3) is 0.0870. The first kappa shape index (κ1) is 19.7. The van der Waals surface area contributed by atoms with E-state index in [0.717, 1.165) is 22.0 Å². The topological polar surface area (TPSA) is 91.1 Å². The fourth-order valence-corrected chi connectivity index (χ4v) is 4.41. The number of hydrogen-bond acceptors (Lipinski definition) is 3. The Morgan fingerprint density at radius 1 is 0.967 bits per heavy atom. The second-order valence-electron chi connectivity index (χ2n) is 7.03. The van der Waals surface area contributed by atoms with E-state index in [-0.39, 0.29) is 17.2 Å². The summed E-state index contributed by atoms with van der Waals surface area (Å²) >= 11 is 0. The highest BCUT2D eigenvalue weighted by molar-refractivity contribution is 7.92. The van der Waals surface area contributed by atoms with Gasteiger partial charge in [0.15, 0.2) is 0 Å². The van der Waals surface area contributed by atoms with E-state index in [1.54, 1.807) is 43.3 Å². The van der Waals surface area contributed by atoms with Gasteiger partial charge >= 0.3 is 0 Å². The molecular weight excluding hydrogens is 398 g/mol. The Labute approximate surface area is 175 Å². The summed E-state index contributed by atoms with van der Waals surface area (Å²) < 4.78 is 27.8. The second kappa shape index (κ2) is 8.04. The van der Waals surface area contributed by atoms with Crippen molar-refractivity contribution < 1.29 is 13.2 Å². The maximum atomic E-state index is 12.6. The van der Waals surface area contributed by atoms with Gasteiger partial charge in [0.05, 0.1) is 17.0 Å². The molecule has 0 aliphatic rings. The number of nitrogens with one attached hydrogen (secondary N) is 3. The zero-order chi connectivity index (χ0) is 21.1.